The van der Waals surface area contributed by atoms with Crippen molar-refractivity contribution in [3.05, 3.63) is 199 Å². The van der Waals surface area contributed by atoms with Crippen LogP contribution in [-0.4, -0.2) is 13.7 Å². The molecule has 5 heteroatoms. The Morgan fingerprint density at radius 2 is 0.855 bits per heavy atom. The summed E-state index contributed by atoms with van der Waals surface area (Å²) in [6.07, 6.45) is 0. The standard InChI is InChI=1S/C50H29N5/c1-51-34-25-26-41-40-17-3-7-19-43(40)54(49(41)31-34)37-29-33(27-35(30-37)52-2)32-13-11-14-36(28-32)53-46-22-10-6-18-42(46)50-47(53)23-12-24-48(50)55-44-20-8-4-15-38(44)39-16-5-9-21-45(39)55/h3-31H. The lowest BCUT2D eigenvalue weighted by Gasteiger charge is -2.14. The number of nitrogens with zero attached hydrogens (tertiary/aromatic N) is 5. The molecule has 0 atom stereocenters. The third-order valence-corrected chi connectivity index (χ3v) is 11.0. The van der Waals surface area contributed by atoms with E-state index in [1.807, 2.05) is 42.5 Å². The summed E-state index contributed by atoms with van der Waals surface area (Å²) in [5, 5.41) is 7.03. The molecule has 0 N–H and O–H groups in total. The van der Waals surface area contributed by atoms with Crippen molar-refractivity contribution in [2.24, 2.45) is 0 Å². The Hall–Kier alpha value is -7.86. The molecule has 0 aliphatic rings. The fourth-order valence-electron chi connectivity index (χ4n) is 8.73. The monoisotopic (exact) mass is 699 g/mol. The van der Waals surface area contributed by atoms with Gasteiger partial charge in [0.05, 0.1) is 46.4 Å². The Morgan fingerprint density at radius 1 is 0.327 bits per heavy atom. The van der Waals surface area contributed by atoms with Crippen LogP contribution in [0.15, 0.2) is 176 Å². The first-order valence-corrected chi connectivity index (χ1v) is 18.3. The molecule has 0 aliphatic heterocycles. The maximum absolute atomic E-state index is 8.10. The zero-order valence-electron chi connectivity index (χ0n) is 29.5. The highest BCUT2D eigenvalue weighted by Gasteiger charge is 2.20. The van der Waals surface area contributed by atoms with E-state index in [1.165, 1.54) is 32.6 Å². The quantitative estimate of drug-likeness (QED) is 0.163. The largest absolute Gasteiger partial charge is 0.312 e. The van der Waals surface area contributed by atoms with Crippen LogP contribution in [0.3, 0.4) is 0 Å². The smallest absolute Gasteiger partial charge is 0.189 e. The fourth-order valence-corrected chi connectivity index (χ4v) is 8.73. The van der Waals surface area contributed by atoms with Crippen LogP contribution in [0.1, 0.15) is 0 Å². The van der Waals surface area contributed by atoms with Gasteiger partial charge in [0.15, 0.2) is 11.4 Å². The minimum atomic E-state index is 0.554. The average molecular weight is 700 g/mol. The third kappa shape index (κ3) is 4.51. The number of aromatic nitrogens is 3. The second-order valence-electron chi connectivity index (χ2n) is 14.0. The summed E-state index contributed by atoms with van der Waals surface area (Å²) in [6, 6.07) is 61.5. The van der Waals surface area contributed by atoms with E-state index in [4.69, 9.17) is 13.1 Å². The molecule has 0 radical (unpaired) electrons. The molecule has 0 spiro atoms. The van der Waals surface area contributed by atoms with E-state index < -0.39 is 0 Å². The van der Waals surface area contributed by atoms with E-state index in [1.54, 1.807) is 0 Å². The first-order chi connectivity index (χ1) is 27.2. The first-order valence-electron chi connectivity index (χ1n) is 18.3. The zero-order chi connectivity index (χ0) is 36.6. The molecule has 8 aromatic carbocycles. The van der Waals surface area contributed by atoms with E-state index in [0.29, 0.717) is 11.4 Å². The van der Waals surface area contributed by atoms with Gasteiger partial charge >= 0.3 is 0 Å². The number of benzene rings is 8. The summed E-state index contributed by atoms with van der Waals surface area (Å²) < 4.78 is 6.96. The number of fused-ring (bicyclic) bond motifs is 9. The highest BCUT2D eigenvalue weighted by atomic mass is 15.0. The van der Waals surface area contributed by atoms with E-state index in [-0.39, 0.29) is 0 Å². The summed E-state index contributed by atoms with van der Waals surface area (Å²) in [5.74, 6) is 0. The van der Waals surface area contributed by atoms with Crippen molar-refractivity contribution in [3.8, 4) is 28.2 Å². The fraction of sp³-hybridized carbons (Fsp3) is 0. The molecule has 0 aliphatic carbocycles. The van der Waals surface area contributed by atoms with Gasteiger partial charge in [-0.3, -0.25) is 0 Å². The predicted octanol–water partition coefficient (Wildman–Crippen LogP) is 13.7. The summed E-state index contributed by atoms with van der Waals surface area (Å²) in [5.41, 5.74) is 12.7. The lowest BCUT2D eigenvalue weighted by molar-refractivity contribution is 1.17. The van der Waals surface area contributed by atoms with Crippen molar-refractivity contribution < 1.29 is 0 Å². The van der Waals surface area contributed by atoms with E-state index in [9.17, 15) is 0 Å². The molecule has 3 aromatic heterocycles. The second kappa shape index (κ2) is 11.8. The van der Waals surface area contributed by atoms with Crippen molar-refractivity contribution in [1.29, 1.82) is 0 Å². The lowest BCUT2D eigenvalue weighted by Crippen LogP contribution is -1.97. The number of rotatable bonds is 4. The molecule has 55 heavy (non-hydrogen) atoms. The lowest BCUT2D eigenvalue weighted by atomic mass is 10.0. The van der Waals surface area contributed by atoms with Crippen LogP contribution < -0.4 is 0 Å². The van der Waals surface area contributed by atoms with Crippen molar-refractivity contribution in [1.82, 2.24) is 13.7 Å². The highest BCUT2D eigenvalue weighted by Crippen LogP contribution is 2.41. The van der Waals surface area contributed by atoms with Gasteiger partial charge in [0.1, 0.15) is 0 Å². The Labute approximate surface area is 316 Å². The summed E-state index contributed by atoms with van der Waals surface area (Å²) >= 11 is 0. The van der Waals surface area contributed by atoms with Gasteiger partial charge in [-0.2, -0.15) is 0 Å². The Morgan fingerprint density at radius 3 is 1.53 bits per heavy atom. The molecule has 0 unspecified atom stereocenters. The molecule has 0 bridgehead atoms. The molecular formula is C50H29N5. The molecule has 0 fully saturated rings. The van der Waals surface area contributed by atoms with Gasteiger partial charge in [-0.1, -0.05) is 103 Å². The number of para-hydroxylation sites is 4. The van der Waals surface area contributed by atoms with Crippen LogP contribution in [-0.2, 0) is 0 Å². The van der Waals surface area contributed by atoms with Crippen LogP contribution >= 0.6 is 0 Å². The highest BCUT2D eigenvalue weighted by molar-refractivity contribution is 6.16. The molecule has 0 saturated heterocycles. The molecular weight excluding hydrogens is 671 g/mol. The summed E-state index contributed by atoms with van der Waals surface area (Å²) in [7, 11) is 0. The predicted molar refractivity (Wildman–Crippen MR) is 227 cm³/mol. The van der Waals surface area contributed by atoms with E-state index in [0.717, 1.165) is 61.0 Å². The maximum atomic E-state index is 8.10. The molecule has 11 rings (SSSR count). The average Bonchev–Trinajstić information content (AvgIpc) is 3.89. The van der Waals surface area contributed by atoms with Crippen molar-refractivity contribution in [2.75, 3.05) is 0 Å². The summed E-state index contributed by atoms with van der Waals surface area (Å²) in [4.78, 5) is 7.67. The normalized spacial score (nSPS) is 11.6. The van der Waals surface area contributed by atoms with Crippen molar-refractivity contribution in [3.63, 3.8) is 0 Å². The SMILES string of the molecule is [C-]#[N+]c1cc(-c2cccc(-n3c4ccccc4c4c(-n5c6ccccc6c6ccccc65)cccc43)c2)cc(-n2c3ccccc3c3ccc([N+]#[C-])cc32)c1. The van der Waals surface area contributed by atoms with Crippen LogP contribution in [0.4, 0.5) is 11.4 Å². The Bertz CT molecular complexity index is 3420. The summed E-state index contributed by atoms with van der Waals surface area (Å²) in [6.45, 7) is 15.8. The van der Waals surface area contributed by atoms with Crippen LogP contribution in [0, 0.1) is 13.1 Å². The third-order valence-electron chi connectivity index (χ3n) is 11.0. The molecule has 0 saturated carbocycles. The van der Waals surface area contributed by atoms with Crippen molar-refractivity contribution >= 4 is 76.8 Å². The molecule has 11 aromatic rings. The topological polar surface area (TPSA) is 23.5 Å². The minimum absolute atomic E-state index is 0.554. The van der Waals surface area contributed by atoms with Crippen LogP contribution in [0.5, 0.6) is 0 Å². The second-order valence-corrected chi connectivity index (χ2v) is 14.0. The van der Waals surface area contributed by atoms with Crippen LogP contribution in [0.25, 0.3) is 103 Å². The van der Waals surface area contributed by atoms with E-state index in [2.05, 4.69) is 157 Å². The van der Waals surface area contributed by atoms with Gasteiger partial charge in [0.25, 0.3) is 0 Å². The van der Waals surface area contributed by atoms with Gasteiger partial charge in [-0.15, -0.1) is 0 Å². The van der Waals surface area contributed by atoms with Gasteiger partial charge in [-0.05, 0) is 83.9 Å². The van der Waals surface area contributed by atoms with Crippen LogP contribution in [0.2, 0.25) is 0 Å². The Balaban J connectivity index is 1.13. The van der Waals surface area contributed by atoms with Gasteiger partial charge in [0.2, 0.25) is 0 Å². The van der Waals surface area contributed by atoms with Gasteiger partial charge in [-0.25, -0.2) is 9.69 Å². The molecule has 3 heterocycles. The van der Waals surface area contributed by atoms with Crippen molar-refractivity contribution in [2.45, 2.75) is 0 Å². The Kier molecular flexibility index (Phi) is 6.61. The zero-order valence-corrected chi connectivity index (χ0v) is 29.5. The van der Waals surface area contributed by atoms with E-state index >= 15 is 0 Å². The van der Waals surface area contributed by atoms with Gasteiger partial charge < -0.3 is 13.7 Å². The molecule has 0 amide bonds. The maximum Gasteiger partial charge on any atom is 0.189 e. The molecule has 5 nitrogen and oxygen atoms in total. The first kappa shape index (κ1) is 30.7. The molecule has 254 valence electrons. The minimum Gasteiger partial charge on any atom is -0.312 e. The van der Waals surface area contributed by atoms with Gasteiger partial charge in [0, 0.05) is 49.2 Å². The number of hydrogen-bond donors (Lipinski definition) is 0. The number of hydrogen-bond acceptors (Lipinski definition) is 0.